The van der Waals surface area contributed by atoms with Crippen molar-refractivity contribution in [3.8, 4) is 0 Å². The van der Waals surface area contributed by atoms with Gasteiger partial charge in [-0.05, 0) is 31.2 Å². The maximum Gasteiger partial charge on any atom is 0.235 e. The number of hydrogen-bond donors (Lipinski definition) is 1. The van der Waals surface area contributed by atoms with Crippen LogP contribution in [0.5, 0.6) is 0 Å². The van der Waals surface area contributed by atoms with Gasteiger partial charge in [0.1, 0.15) is 5.82 Å². The Bertz CT molecular complexity index is 580. The summed E-state index contributed by atoms with van der Waals surface area (Å²) in [6, 6.07) is 9.26. The Morgan fingerprint density at radius 1 is 1.42 bits per heavy atom. The molecular weight excluding hydrogens is 282 g/mol. The van der Waals surface area contributed by atoms with Crippen LogP contribution < -0.4 is 5.32 Å². The van der Waals surface area contributed by atoms with E-state index >= 15 is 0 Å². The zero-order valence-electron chi connectivity index (χ0n) is 10.7. The number of amides is 1. The lowest BCUT2D eigenvalue weighted by Crippen LogP contribution is -2.16. The smallest absolute Gasteiger partial charge is 0.235 e. The van der Waals surface area contributed by atoms with E-state index in [1.165, 1.54) is 11.8 Å². The minimum Gasteiger partial charge on any atom is -0.310 e. The number of thioether (sulfide) groups is 1. The van der Waals surface area contributed by atoms with Gasteiger partial charge >= 0.3 is 0 Å². The number of aryl methyl sites for hydroxylation is 2. The highest BCUT2D eigenvalue weighted by Crippen LogP contribution is 2.20. The Balaban J connectivity index is 1.88. The van der Waals surface area contributed by atoms with Gasteiger partial charge in [0, 0.05) is 23.0 Å². The van der Waals surface area contributed by atoms with Crippen LogP contribution >= 0.6 is 23.4 Å². The van der Waals surface area contributed by atoms with Gasteiger partial charge in [0.2, 0.25) is 5.91 Å². The summed E-state index contributed by atoms with van der Waals surface area (Å²) in [6.45, 7) is 1.89. The Hall–Kier alpha value is -1.46. The molecular formula is C13H14ClN3OS. The molecule has 100 valence electrons. The van der Waals surface area contributed by atoms with Crippen LogP contribution in [-0.4, -0.2) is 21.4 Å². The topological polar surface area (TPSA) is 46.9 Å². The molecule has 0 aliphatic carbocycles. The third-order valence-electron chi connectivity index (χ3n) is 2.45. The second-order valence-corrected chi connectivity index (χ2v) is 5.57. The van der Waals surface area contributed by atoms with Crippen molar-refractivity contribution in [3.63, 3.8) is 0 Å². The van der Waals surface area contributed by atoms with Gasteiger partial charge in [-0.1, -0.05) is 11.6 Å². The molecule has 1 aromatic heterocycles. The molecule has 0 spiro atoms. The standard InChI is InChI=1S/C13H14ClN3OS/c1-9-7-12(17(2)16-9)15-13(18)8-19-11-5-3-10(14)4-6-11/h3-7H,8H2,1-2H3,(H,15,18). The van der Waals surface area contributed by atoms with Gasteiger partial charge in [-0.2, -0.15) is 5.10 Å². The molecule has 0 unspecified atom stereocenters. The molecule has 1 aromatic carbocycles. The summed E-state index contributed by atoms with van der Waals surface area (Å²) >= 11 is 7.27. The first-order valence-corrected chi connectivity index (χ1v) is 7.10. The second kappa shape index (κ2) is 6.12. The molecule has 0 aliphatic rings. The highest BCUT2D eigenvalue weighted by atomic mass is 35.5. The number of nitrogens with zero attached hydrogens (tertiary/aromatic N) is 2. The molecule has 1 heterocycles. The molecule has 2 aromatic rings. The number of aromatic nitrogens is 2. The first kappa shape index (κ1) is 14.0. The van der Waals surface area contributed by atoms with Crippen LogP contribution in [0.4, 0.5) is 5.82 Å². The molecule has 0 fully saturated rings. The third kappa shape index (κ3) is 4.01. The van der Waals surface area contributed by atoms with Gasteiger partial charge < -0.3 is 5.32 Å². The minimum absolute atomic E-state index is 0.0528. The highest BCUT2D eigenvalue weighted by molar-refractivity contribution is 8.00. The molecule has 1 amide bonds. The van der Waals surface area contributed by atoms with Gasteiger partial charge in [-0.25, -0.2) is 0 Å². The third-order valence-corrected chi connectivity index (χ3v) is 3.72. The summed E-state index contributed by atoms with van der Waals surface area (Å²) in [5.41, 5.74) is 0.878. The average Bonchev–Trinajstić information content (AvgIpc) is 2.67. The Morgan fingerprint density at radius 2 is 2.11 bits per heavy atom. The number of hydrogen-bond acceptors (Lipinski definition) is 3. The Kier molecular flexibility index (Phi) is 4.50. The molecule has 0 saturated carbocycles. The lowest BCUT2D eigenvalue weighted by molar-refractivity contribution is -0.113. The fourth-order valence-electron chi connectivity index (χ4n) is 1.59. The molecule has 0 aliphatic heterocycles. The maximum atomic E-state index is 11.8. The lowest BCUT2D eigenvalue weighted by atomic mass is 10.4. The van der Waals surface area contributed by atoms with Crippen molar-refractivity contribution in [3.05, 3.63) is 41.0 Å². The number of halogens is 1. The summed E-state index contributed by atoms with van der Waals surface area (Å²) in [7, 11) is 1.80. The summed E-state index contributed by atoms with van der Waals surface area (Å²) < 4.78 is 1.65. The van der Waals surface area contributed by atoms with Crippen LogP contribution in [0.15, 0.2) is 35.2 Å². The van der Waals surface area contributed by atoms with E-state index in [1.54, 1.807) is 11.7 Å². The summed E-state index contributed by atoms with van der Waals surface area (Å²) in [6.07, 6.45) is 0. The van der Waals surface area contributed by atoms with Crippen molar-refractivity contribution in [1.29, 1.82) is 0 Å². The van der Waals surface area contributed by atoms with Gasteiger partial charge in [-0.3, -0.25) is 9.48 Å². The minimum atomic E-state index is -0.0528. The van der Waals surface area contributed by atoms with E-state index in [0.29, 0.717) is 16.6 Å². The van der Waals surface area contributed by atoms with Crippen LogP contribution in [0.3, 0.4) is 0 Å². The van der Waals surface area contributed by atoms with Crippen LogP contribution in [0.25, 0.3) is 0 Å². The van der Waals surface area contributed by atoms with E-state index in [-0.39, 0.29) is 5.91 Å². The average molecular weight is 296 g/mol. The highest BCUT2D eigenvalue weighted by Gasteiger charge is 2.07. The summed E-state index contributed by atoms with van der Waals surface area (Å²) in [4.78, 5) is 12.8. The Labute approximate surface area is 121 Å². The molecule has 0 saturated heterocycles. The molecule has 2 rings (SSSR count). The molecule has 0 atom stereocenters. The van der Waals surface area contributed by atoms with E-state index in [4.69, 9.17) is 11.6 Å². The van der Waals surface area contributed by atoms with Crippen molar-refractivity contribution >= 4 is 35.1 Å². The van der Waals surface area contributed by atoms with E-state index in [0.717, 1.165) is 10.6 Å². The van der Waals surface area contributed by atoms with Crippen LogP contribution in [0.2, 0.25) is 5.02 Å². The van der Waals surface area contributed by atoms with Crippen molar-refractivity contribution in [2.45, 2.75) is 11.8 Å². The zero-order chi connectivity index (χ0) is 13.8. The number of rotatable bonds is 4. The molecule has 0 radical (unpaired) electrons. The fourth-order valence-corrected chi connectivity index (χ4v) is 2.41. The van der Waals surface area contributed by atoms with Crippen LogP contribution in [0, 0.1) is 6.92 Å². The zero-order valence-corrected chi connectivity index (χ0v) is 12.3. The maximum absolute atomic E-state index is 11.8. The summed E-state index contributed by atoms with van der Waals surface area (Å²) in [5, 5.41) is 7.69. The number of carbonyl (C=O) groups is 1. The number of nitrogens with one attached hydrogen (secondary N) is 1. The molecule has 19 heavy (non-hydrogen) atoms. The first-order valence-electron chi connectivity index (χ1n) is 5.73. The molecule has 6 heteroatoms. The second-order valence-electron chi connectivity index (χ2n) is 4.09. The van der Waals surface area contributed by atoms with E-state index in [9.17, 15) is 4.79 Å². The monoisotopic (exact) mass is 295 g/mol. The van der Waals surface area contributed by atoms with E-state index in [1.807, 2.05) is 37.3 Å². The van der Waals surface area contributed by atoms with Crippen molar-refractivity contribution in [1.82, 2.24) is 9.78 Å². The molecule has 0 bridgehead atoms. The number of carbonyl (C=O) groups excluding carboxylic acids is 1. The Morgan fingerprint density at radius 3 is 2.68 bits per heavy atom. The van der Waals surface area contributed by atoms with Gasteiger partial charge in [-0.15, -0.1) is 11.8 Å². The normalized spacial score (nSPS) is 10.5. The van der Waals surface area contributed by atoms with Crippen molar-refractivity contribution < 1.29 is 4.79 Å². The predicted octanol–water partition coefficient (Wildman–Crippen LogP) is 3.11. The van der Waals surface area contributed by atoms with Gasteiger partial charge in [0.05, 0.1) is 11.4 Å². The number of benzene rings is 1. The van der Waals surface area contributed by atoms with Crippen LogP contribution in [0.1, 0.15) is 5.69 Å². The number of anilines is 1. The first-order chi connectivity index (χ1) is 9.04. The predicted molar refractivity (Wildman–Crippen MR) is 78.8 cm³/mol. The SMILES string of the molecule is Cc1cc(NC(=O)CSc2ccc(Cl)cc2)n(C)n1. The lowest BCUT2D eigenvalue weighted by Gasteiger charge is -2.05. The summed E-state index contributed by atoms with van der Waals surface area (Å²) in [5.74, 6) is 1.01. The van der Waals surface area contributed by atoms with E-state index < -0.39 is 0 Å². The van der Waals surface area contributed by atoms with Crippen molar-refractivity contribution in [2.75, 3.05) is 11.1 Å². The largest absolute Gasteiger partial charge is 0.310 e. The van der Waals surface area contributed by atoms with Crippen LogP contribution in [-0.2, 0) is 11.8 Å². The van der Waals surface area contributed by atoms with E-state index in [2.05, 4.69) is 10.4 Å². The molecule has 4 nitrogen and oxygen atoms in total. The van der Waals surface area contributed by atoms with Gasteiger partial charge in [0.25, 0.3) is 0 Å². The van der Waals surface area contributed by atoms with Gasteiger partial charge in [0.15, 0.2) is 0 Å². The fraction of sp³-hybridized carbons (Fsp3) is 0.231. The quantitative estimate of drug-likeness (QED) is 0.882. The van der Waals surface area contributed by atoms with Crippen molar-refractivity contribution in [2.24, 2.45) is 7.05 Å². The molecule has 1 N–H and O–H groups in total.